The van der Waals surface area contributed by atoms with Crippen LogP contribution in [0.1, 0.15) is 31.9 Å². The van der Waals surface area contributed by atoms with E-state index in [4.69, 9.17) is 5.73 Å². The van der Waals surface area contributed by atoms with Crippen molar-refractivity contribution in [1.29, 1.82) is 0 Å². The molecular formula is C11H17N3. The van der Waals surface area contributed by atoms with E-state index in [0.717, 1.165) is 13.1 Å². The molecule has 0 radical (unpaired) electrons. The zero-order chi connectivity index (χ0) is 10.3. The van der Waals surface area contributed by atoms with Gasteiger partial charge in [0.05, 0.1) is 0 Å². The van der Waals surface area contributed by atoms with Gasteiger partial charge in [-0.3, -0.25) is 4.90 Å². The second-order valence-corrected chi connectivity index (χ2v) is 4.90. The van der Waals surface area contributed by atoms with Crippen molar-refractivity contribution >= 4 is 5.82 Å². The van der Waals surface area contributed by atoms with Gasteiger partial charge in [0.2, 0.25) is 0 Å². The highest BCUT2D eigenvalue weighted by atomic mass is 15.2. The van der Waals surface area contributed by atoms with E-state index in [1.807, 2.05) is 12.3 Å². The molecule has 1 aromatic heterocycles. The Morgan fingerprint density at radius 1 is 1.29 bits per heavy atom. The van der Waals surface area contributed by atoms with Gasteiger partial charge in [0.25, 0.3) is 0 Å². The predicted molar refractivity (Wildman–Crippen MR) is 57.6 cm³/mol. The topological polar surface area (TPSA) is 42.2 Å². The fraction of sp³-hybridized carbons (Fsp3) is 0.545. The van der Waals surface area contributed by atoms with Crippen molar-refractivity contribution in [2.75, 3.05) is 5.73 Å². The maximum Gasteiger partial charge on any atom is 0.123 e. The summed E-state index contributed by atoms with van der Waals surface area (Å²) in [5.41, 5.74) is 8.51. The Labute approximate surface area is 84.9 Å². The zero-order valence-corrected chi connectivity index (χ0v) is 9.04. The van der Waals surface area contributed by atoms with Gasteiger partial charge in [-0.2, -0.15) is 0 Å². The first kappa shape index (κ1) is 9.46. The fourth-order valence-corrected chi connectivity index (χ4v) is 1.77. The zero-order valence-electron chi connectivity index (χ0n) is 9.04. The Kier molecular flexibility index (Phi) is 2.00. The number of aromatic nitrogens is 1. The van der Waals surface area contributed by atoms with Gasteiger partial charge in [0.1, 0.15) is 5.82 Å². The third-order valence-electron chi connectivity index (χ3n) is 2.78. The number of nitrogens with zero attached hydrogens (tertiary/aromatic N) is 2. The molecule has 0 saturated carbocycles. The van der Waals surface area contributed by atoms with Gasteiger partial charge in [0.15, 0.2) is 0 Å². The first-order valence-corrected chi connectivity index (χ1v) is 4.95. The smallest absolute Gasteiger partial charge is 0.123 e. The summed E-state index contributed by atoms with van der Waals surface area (Å²) in [4.78, 5) is 6.55. The van der Waals surface area contributed by atoms with E-state index in [0.29, 0.717) is 5.82 Å². The lowest BCUT2D eigenvalue weighted by molar-refractivity contribution is 0.136. The third-order valence-corrected chi connectivity index (χ3v) is 2.78. The summed E-state index contributed by atoms with van der Waals surface area (Å²) in [6, 6.07) is 1.99. The lowest BCUT2D eigenvalue weighted by atomic mass is 10.1. The van der Waals surface area contributed by atoms with Crippen molar-refractivity contribution in [1.82, 2.24) is 9.88 Å². The summed E-state index contributed by atoms with van der Waals surface area (Å²) in [5.74, 6) is 0.625. The number of hydrogen-bond acceptors (Lipinski definition) is 3. The Morgan fingerprint density at radius 3 is 2.57 bits per heavy atom. The molecule has 1 aromatic rings. The number of pyridine rings is 1. The number of hydrogen-bond donors (Lipinski definition) is 1. The van der Waals surface area contributed by atoms with Crippen LogP contribution >= 0.6 is 0 Å². The molecule has 1 aliphatic heterocycles. The highest BCUT2D eigenvalue weighted by Gasteiger charge is 2.28. The molecule has 0 amide bonds. The summed E-state index contributed by atoms with van der Waals surface area (Å²) in [5, 5.41) is 0. The molecule has 2 N–H and O–H groups in total. The molecule has 0 spiro atoms. The average Bonchev–Trinajstić information content (AvgIpc) is 2.45. The fourth-order valence-electron chi connectivity index (χ4n) is 1.77. The van der Waals surface area contributed by atoms with Crippen LogP contribution < -0.4 is 5.73 Å². The van der Waals surface area contributed by atoms with E-state index in [1.54, 1.807) is 0 Å². The molecule has 1 aliphatic rings. The quantitative estimate of drug-likeness (QED) is 0.679. The van der Waals surface area contributed by atoms with E-state index in [2.05, 4.69) is 30.7 Å². The van der Waals surface area contributed by atoms with Crippen molar-refractivity contribution in [2.24, 2.45) is 0 Å². The number of fused-ring (bicyclic) bond motifs is 1. The maximum absolute atomic E-state index is 5.66. The van der Waals surface area contributed by atoms with Crippen molar-refractivity contribution in [3.8, 4) is 0 Å². The Bertz CT molecular complexity index is 352. The van der Waals surface area contributed by atoms with Crippen LogP contribution in [0.4, 0.5) is 5.82 Å². The molecule has 0 fully saturated rings. The first-order chi connectivity index (χ1) is 6.47. The summed E-state index contributed by atoms with van der Waals surface area (Å²) in [6.45, 7) is 8.68. The van der Waals surface area contributed by atoms with Crippen LogP contribution in [0.3, 0.4) is 0 Å². The van der Waals surface area contributed by atoms with Crippen molar-refractivity contribution in [3.05, 3.63) is 23.4 Å². The predicted octanol–water partition coefficient (Wildman–Crippen LogP) is 1.78. The molecule has 14 heavy (non-hydrogen) atoms. The van der Waals surface area contributed by atoms with Crippen LogP contribution in [0.15, 0.2) is 12.3 Å². The van der Waals surface area contributed by atoms with Crippen molar-refractivity contribution < 1.29 is 0 Å². The normalized spacial score (nSPS) is 17.1. The van der Waals surface area contributed by atoms with E-state index in [9.17, 15) is 0 Å². The third kappa shape index (κ3) is 1.60. The standard InChI is InChI=1S/C11H17N3/c1-11(2,3)14-6-8-4-10(12)13-5-9(8)7-14/h4-5H,6-7H2,1-3H3,(H2,12,13). The molecule has 3 nitrogen and oxygen atoms in total. The second-order valence-electron chi connectivity index (χ2n) is 4.90. The maximum atomic E-state index is 5.66. The largest absolute Gasteiger partial charge is 0.384 e. The molecule has 76 valence electrons. The summed E-state index contributed by atoms with van der Waals surface area (Å²) in [6.07, 6.45) is 1.90. The Hall–Kier alpha value is -1.09. The molecule has 0 bridgehead atoms. The molecule has 0 aliphatic carbocycles. The SMILES string of the molecule is CC(C)(C)N1Cc2cnc(N)cc2C1. The van der Waals surface area contributed by atoms with Crippen molar-refractivity contribution in [3.63, 3.8) is 0 Å². The minimum atomic E-state index is 0.216. The van der Waals surface area contributed by atoms with Crippen molar-refractivity contribution in [2.45, 2.75) is 39.4 Å². The van der Waals surface area contributed by atoms with Gasteiger partial charge >= 0.3 is 0 Å². The second kappa shape index (κ2) is 2.95. The Morgan fingerprint density at radius 2 is 1.93 bits per heavy atom. The molecule has 2 heterocycles. The monoisotopic (exact) mass is 191 g/mol. The van der Waals surface area contributed by atoms with Gasteiger partial charge < -0.3 is 5.73 Å². The first-order valence-electron chi connectivity index (χ1n) is 4.95. The van der Waals surface area contributed by atoms with Crippen LogP contribution in [0.5, 0.6) is 0 Å². The van der Waals surface area contributed by atoms with Crippen LogP contribution in [-0.2, 0) is 13.1 Å². The number of anilines is 1. The van der Waals surface area contributed by atoms with Gasteiger partial charge in [-0.15, -0.1) is 0 Å². The van der Waals surface area contributed by atoms with E-state index >= 15 is 0 Å². The highest BCUT2D eigenvalue weighted by molar-refractivity contribution is 5.39. The average molecular weight is 191 g/mol. The van der Waals surface area contributed by atoms with Gasteiger partial charge in [0, 0.05) is 24.8 Å². The van der Waals surface area contributed by atoms with E-state index in [1.165, 1.54) is 11.1 Å². The van der Waals surface area contributed by atoms with Gasteiger partial charge in [-0.05, 0) is 38.0 Å². The van der Waals surface area contributed by atoms with Gasteiger partial charge in [-0.1, -0.05) is 0 Å². The molecule has 0 unspecified atom stereocenters. The molecular weight excluding hydrogens is 174 g/mol. The van der Waals surface area contributed by atoms with Crippen LogP contribution in [0, 0.1) is 0 Å². The number of nitrogens with two attached hydrogens (primary N) is 1. The minimum absolute atomic E-state index is 0.216. The molecule has 3 heteroatoms. The minimum Gasteiger partial charge on any atom is -0.384 e. The lowest BCUT2D eigenvalue weighted by Crippen LogP contribution is -2.36. The number of rotatable bonds is 0. The van der Waals surface area contributed by atoms with Crippen LogP contribution in [0.25, 0.3) is 0 Å². The Balaban J connectivity index is 2.26. The molecule has 2 rings (SSSR count). The summed E-state index contributed by atoms with van der Waals surface area (Å²) >= 11 is 0. The van der Waals surface area contributed by atoms with Crippen LogP contribution in [-0.4, -0.2) is 15.4 Å². The molecule has 0 saturated heterocycles. The molecule has 0 atom stereocenters. The number of nitrogen functional groups attached to an aromatic ring is 1. The van der Waals surface area contributed by atoms with E-state index < -0.39 is 0 Å². The summed E-state index contributed by atoms with van der Waals surface area (Å²) < 4.78 is 0. The lowest BCUT2D eigenvalue weighted by Gasteiger charge is -2.31. The summed E-state index contributed by atoms with van der Waals surface area (Å²) in [7, 11) is 0. The van der Waals surface area contributed by atoms with E-state index in [-0.39, 0.29) is 5.54 Å². The van der Waals surface area contributed by atoms with Gasteiger partial charge in [-0.25, -0.2) is 4.98 Å². The highest BCUT2D eigenvalue weighted by Crippen LogP contribution is 2.29. The molecule has 0 aromatic carbocycles. The van der Waals surface area contributed by atoms with Crippen LogP contribution in [0.2, 0.25) is 0 Å².